The molecular weight excluding hydrogens is 320 g/mol. The molecule has 0 aliphatic carbocycles. The summed E-state index contributed by atoms with van der Waals surface area (Å²) in [6, 6.07) is 12.1. The molecule has 6 nitrogen and oxygen atoms in total. The standard InChI is InChI=1S/C19H22N2O4/c1-12(14-6-5-7-15(10-14)21-13(2)22)20-19(23)17-9-8-16(24-3)11-18(17)25-4/h5-12H,1-4H3,(H,20,23)(H,21,22). The molecule has 2 aromatic carbocycles. The van der Waals surface area contributed by atoms with Gasteiger partial charge >= 0.3 is 0 Å². The Hall–Kier alpha value is -3.02. The summed E-state index contributed by atoms with van der Waals surface area (Å²) in [5.74, 6) is 0.661. The first-order valence-corrected chi connectivity index (χ1v) is 7.85. The molecule has 0 saturated heterocycles. The van der Waals surface area contributed by atoms with Crippen LogP contribution in [0.5, 0.6) is 11.5 Å². The van der Waals surface area contributed by atoms with Crippen molar-refractivity contribution < 1.29 is 19.1 Å². The fourth-order valence-corrected chi connectivity index (χ4v) is 2.43. The highest BCUT2D eigenvalue weighted by Crippen LogP contribution is 2.25. The Morgan fingerprint density at radius 3 is 2.44 bits per heavy atom. The molecule has 2 N–H and O–H groups in total. The van der Waals surface area contributed by atoms with Crippen LogP contribution in [-0.2, 0) is 4.79 Å². The van der Waals surface area contributed by atoms with Crippen LogP contribution in [0.3, 0.4) is 0 Å². The molecule has 0 aromatic heterocycles. The first-order valence-electron chi connectivity index (χ1n) is 7.85. The Balaban J connectivity index is 2.16. The number of rotatable bonds is 6. The molecule has 2 rings (SSSR count). The SMILES string of the molecule is COc1ccc(C(=O)NC(C)c2cccc(NC(C)=O)c2)c(OC)c1. The van der Waals surface area contributed by atoms with Crippen molar-refractivity contribution in [3.8, 4) is 11.5 Å². The topological polar surface area (TPSA) is 76.7 Å². The smallest absolute Gasteiger partial charge is 0.255 e. The van der Waals surface area contributed by atoms with E-state index in [2.05, 4.69) is 10.6 Å². The summed E-state index contributed by atoms with van der Waals surface area (Å²) >= 11 is 0. The van der Waals surface area contributed by atoms with Crippen molar-refractivity contribution in [3.63, 3.8) is 0 Å². The van der Waals surface area contributed by atoms with Crippen LogP contribution in [0.25, 0.3) is 0 Å². The Bertz CT molecular complexity index is 774. The summed E-state index contributed by atoms with van der Waals surface area (Å²) < 4.78 is 10.4. The lowest BCUT2D eigenvalue weighted by Crippen LogP contribution is -2.27. The molecule has 1 unspecified atom stereocenters. The molecule has 0 radical (unpaired) electrons. The number of carbonyl (C=O) groups is 2. The summed E-state index contributed by atoms with van der Waals surface area (Å²) in [7, 11) is 3.06. The third kappa shape index (κ3) is 4.73. The number of anilines is 1. The highest BCUT2D eigenvalue weighted by atomic mass is 16.5. The zero-order valence-corrected chi connectivity index (χ0v) is 14.8. The lowest BCUT2D eigenvalue weighted by molar-refractivity contribution is -0.114. The maximum Gasteiger partial charge on any atom is 0.255 e. The molecule has 25 heavy (non-hydrogen) atoms. The van der Waals surface area contributed by atoms with Gasteiger partial charge < -0.3 is 20.1 Å². The van der Waals surface area contributed by atoms with Crippen molar-refractivity contribution in [2.45, 2.75) is 19.9 Å². The van der Waals surface area contributed by atoms with Gasteiger partial charge in [-0.2, -0.15) is 0 Å². The zero-order valence-electron chi connectivity index (χ0n) is 14.8. The van der Waals surface area contributed by atoms with Gasteiger partial charge in [0.1, 0.15) is 11.5 Å². The van der Waals surface area contributed by atoms with Gasteiger partial charge in [-0.3, -0.25) is 9.59 Å². The van der Waals surface area contributed by atoms with Gasteiger partial charge in [-0.25, -0.2) is 0 Å². The summed E-state index contributed by atoms with van der Waals surface area (Å²) in [6.45, 7) is 3.33. The maximum absolute atomic E-state index is 12.6. The molecule has 6 heteroatoms. The number of ether oxygens (including phenoxy) is 2. The van der Waals surface area contributed by atoms with Gasteiger partial charge in [-0.1, -0.05) is 12.1 Å². The number of benzene rings is 2. The van der Waals surface area contributed by atoms with Crippen LogP contribution in [-0.4, -0.2) is 26.0 Å². The highest BCUT2D eigenvalue weighted by Gasteiger charge is 2.16. The maximum atomic E-state index is 12.6. The van der Waals surface area contributed by atoms with Gasteiger partial charge in [0.2, 0.25) is 5.91 Å². The summed E-state index contributed by atoms with van der Waals surface area (Å²) in [6.07, 6.45) is 0. The molecule has 2 amide bonds. The molecule has 2 aromatic rings. The van der Waals surface area contributed by atoms with Crippen LogP contribution in [0.1, 0.15) is 35.8 Å². The van der Waals surface area contributed by atoms with E-state index in [1.54, 1.807) is 31.4 Å². The predicted molar refractivity (Wildman–Crippen MR) is 96.2 cm³/mol. The van der Waals surface area contributed by atoms with Gasteiger partial charge in [0.25, 0.3) is 5.91 Å². The minimum Gasteiger partial charge on any atom is -0.497 e. The van der Waals surface area contributed by atoms with E-state index in [-0.39, 0.29) is 17.9 Å². The predicted octanol–water partition coefficient (Wildman–Crippen LogP) is 3.15. The number of carbonyl (C=O) groups excluding carboxylic acids is 2. The van der Waals surface area contributed by atoms with E-state index >= 15 is 0 Å². The number of hydrogen-bond donors (Lipinski definition) is 2. The van der Waals surface area contributed by atoms with Crippen LogP contribution in [0.4, 0.5) is 5.69 Å². The third-order valence-corrected chi connectivity index (χ3v) is 3.71. The third-order valence-electron chi connectivity index (χ3n) is 3.71. The number of amides is 2. The molecule has 0 saturated carbocycles. The normalized spacial score (nSPS) is 11.4. The van der Waals surface area contributed by atoms with Crippen molar-refractivity contribution in [1.82, 2.24) is 5.32 Å². The van der Waals surface area contributed by atoms with E-state index < -0.39 is 0 Å². The Morgan fingerprint density at radius 1 is 1.04 bits per heavy atom. The fraction of sp³-hybridized carbons (Fsp3) is 0.263. The second kappa shape index (κ2) is 8.19. The first-order chi connectivity index (χ1) is 11.9. The van der Waals surface area contributed by atoms with E-state index in [0.29, 0.717) is 22.7 Å². The van der Waals surface area contributed by atoms with E-state index in [1.807, 2.05) is 25.1 Å². The Kier molecular flexibility index (Phi) is 6.00. The quantitative estimate of drug-likeness (QED) is 0.845. The molecule has 0 spiro atoms. The van der Waals surface area contributed by atoms with Crippen molar-refractivity contribution in [3.05, 3.63) is 53.6 Å². The minimum absolute atomic E-state index is 0.142. The molecule has 1 atom stereocenters. The first kappa shape index (κ1) is 18.3. The summed E-state index contributed by atoms with van der Waals surface area (Å²) in [4.78, 5) is 23.7. The van der Waals surface area contributed by atoms with Crippen molar-refractivity contribution >= 4 is 17.5 Å². The monoisotopic (exact) mass is 342 g/mol. The van der Waals surface area contributed by atoms with Crippen molar-refractivity contribution in [1.29, 1.82) is 0 Å². The van der Waals surface area contributed by atoms with Crippen LogP contribution in [0.2, 0.25) is 0 Å². The largest absolute Gasteiger partial charge is 0.497 e. The lowest BCUT2D eigenvalue weighted by atomic mass is 10.1. The highest BCUT2D eigenvalue weighted by molar-refractivity contribution is 5.97. The van der Waals surface area contributed by atoms with Crippen molar-refractivity contribution in [2.75, 3.05) is 19.5 Å². The van der Waals surface area contributed by atoms with E-state index in [1.165, 1.54) is 14.0 Å². The minimum atomic E-state index is -0.253. The molecule has 132 valence electrons. The summed E-state index contributed by atoms with van der Waals surface area (Å²) in [5, 5.41) is 5.66. The average molecular weight is 342 g/mol. The average Bonchev–Trinajstić information content (AvgIpc) is 2.60. The van der Waals surface area contributed by atoms with Gasteiger partial charge in [0.05, 0.1) is 25.8 Å². The van der Waals surface area contributed by atoms with Gasteiger partial charge in [-0.15, -0.1) is 0 Å². The van der Waals surface area contributed by atoms with Crippen molar-refractivity contribution in [2.24, 2.45) is 0 Å². The molecule has 0 aliphatic heterocycles. The summed E-state index contributed by atoms with van der Waals surface area (Å²) in [5.41, 5.74) is 1.99. The van der Waals surface area contributed by atoms with Crippen LogP contribution >= 0.6 is 0 Å². The Morgan fingerprint density at radius 2 is 1.80 bits per heavy atom. The Labute approximate surface area is 147 Å². The second-order valence-electron chi connectivity index (χ2n) is 5.57. The van der Waals surface area contributed by atoms with Gasteiger partial charge in [-0.05, 0) is 36.8 Å². The fourth-order valence-electron chi connectivity index (χ4n) is 2.43. The van der Waals surface area contributed by atoms with Crippen LogP contribution in [0.15, 0.2) is 42.5 Å². The van der Waals surface area contributed by atoms with Crippen LogP contribution < -0.4 is 20.1 Å². The van der Waals surface area contributed by atoms with Gasteiger partial charge in [0, 0.05) is 18.7 Å². The van der Waals surface area contributed by atoms with Gasteiger partial charge in [0.15, 0.2) is 0 Å². The zero-order chi connectivity index (χ0) is 18.4. The van der Waals surface area contributed by atoms with E-state index in [4.69, 9.17) is 9.47 Å². The molecule has 0 fully saturated rings. The molecule has 0 bridgehead atoms. The van der Waals surface area contributed by atoms with Crippen LogP contribution in [0, 0.1) is 0 Å². The number of nitrogens with one attached hydrogen (secondary N) is 2. The molecular formula is C19H22N2O4. The molecule has 0 heterocycles. The molecule has 0 aliphatic rings. The van der Waals surface area contributed by atoms with E-state index in [0.717, 1.165) is 5.56 Å². The number of methoxy groups -OCH3 is 2. The lowest BCUT2D eigenvalue weighted by Gasteiger charge is -2.17. The second-order valence-corrected chi connectivity index (χ2v) is 5.57. The van der Waals surface area contributed by atoms with E-state index in [9.17, 15) is 9.59 Å². The number of hydrogen-bond acceptors (Lipinski definition) is 4.